The zero-order valence-corrected chi connectivity index (χ0v) is 11.3. The number of carbonyl (C=O) groups is 1. The average molecular weight is 295 g/mol. The molecule has 1 aromatic rings. The second-order valence-electron chi connectivity index (χ2n) is 3.33. The Kier molecular flexibility index (Phi) is 6.85. The number of likely N-dealkylation sites (N-methyl/N-ethyl adjacent to an activating group) is 1. The summed E-state index contributed by atoms with van der Waals surface area (Å²) in [6.45, 7) is 0.744. The molecule has 0 aliphatic rings. The van der Waals surface area contributed by atoms with Crippen LogP contribution in [-0.2, 0) is 10.0 Å². The third kappa shape index (κ3) is 4.61. The SMILES string of the molecule is CNCCNS(=O)(=O)c1cccc(C(=O)O)c1.Cl. The van der Waals surface area contributed by atoms with Crippen molar-refractivity contribution in [3.05, 3.63) is 29.8 Å². The number of benzene rings is 1. The van der Waals surface area contributed by atoms with Crippen LogP contribution in [-0.4, -0.2) is 39.6 Å². The van der Waals surface area contributed by atoms with Crippen LogP contribution >= 0.6 is 12.4 Å². The first kappa shape index (κ1) is 16.9. The Morgan fingerprint density at radius 3 is 2.56 bits per heavy atom. The maximum atomic E-state index is 11.7. The molecular formula is C10H15ClN2O4S. The van der Waals surface area contributed by atoms with Crippen molar-refractivity contribution in [3.8, 4) is 0 Å². The molecule has 0 radical (unpaired) electrons. The van der Waals surface area contributed by atoms with E-state index in [2.05, 4.69) is 10.0 Å². The third-order valence-corrected chi connectivity index (χ3v) is 3.52. The first-order valence-electron chi connectivity index (χ1n) is 4.95. The summed E-state index contributed by atoms with van der Waals surface area (Å²) in [4.78, 5) is 10.7. The zero-order chi connectivity index (χ0) is 12.9. The van der Waals surface area contributed by atoms with E-state index >= 15 is 0 Å². The number of carboxylic acids is 1. The highest BCUT2D eigenvalue weighted by atomic mass is 35.5. The van der Waals surface area contributed by atoms with Gasteiger partial charge >= 0.3 is 5.97 Å². The molecule has 102 valence electrons. The van der Waals surface area contributed by atoms with Crippen LogP contribution in [0.3, 0.4) is 0 Å². The zero-order valence-electron chi connectivity index (χ0n) is 9.71. The van der Waals surface area contributed by atoms with Crippen molar-refractivity contribution < 1.29 is 18.3 Å². The molecule has 0 aliphatic heterocycles. The van der Waals surface area contributed by atoms with Crippen LogP contribution in [0.2, 0.25) is 0 Å². The second kappa shape index (κ2) is 7.32. The molecule has 1 aromatic carbocycles. The van der Waals surface area contributed by atoms with Gasteiger partial charge in [0.15, 0.2) is 0 Å². The lowest BCUT2D eigenvalue weighted by molar-refractivity contribution is 0.0696. The minimum absolute atomic E-state index is 0. The molecule has 0 aromatic heterocycles. The summed E-state index contributed by atoms with van der Waals surface area (Å²) in [7, 11) is -1.93. The number of hydrogen-bond acceptors (Lipinski definition) is 4. The molecule has 0 saturated heterocycles. The average Bonchev–Trinajstić information content (AvgIpc) is 2.29. The molecule has 0 atom stereocenters. The molecule has 0 heterocycles. The summed E-state index contributed by atoms with van der Waals surface area (Å²) in [6.07, 6.45) is 0. The molecule has 18 heavy (non-hydrogen) atoms. The Morgan fingerprint density at radius 2 is 2.00 bits per heavy atom. The van der Waals surface area contributed by atoms with Crippen LogP contribution in [0.5, 0.6) is 0 Å². The molecule has 6 nitrogen and oxygen atoms in total. The van der Waals surface area contributed by atoms with Crippen molar-refractivity contribution in [1.29, 1.82) is 0 Å². The summed E-state index contributed by atoms with van der Waals surface area (Å²) in [5, 5.41) is 11.6. The summed E-state index contributed by atoms with van der Waals surface area (Å²) in [6, 6.07) is 5.23. The van der Waals surface area contributed by atoms with E-state index < -0.39 is 16.0 Å². The van der Waals surface area contributed by atoms with E-state index in [0.717, 1.165) is 6.07 Å². The van der Waals surface area contributed by atoms with Gasteiger partial charge in [-0.3, -0.25) is 0 Å². The molecule has 0 aliphatic carbocycles. The number of nitrogens with one attached hydrogen (secondary N) is 2. The van der Waals surface area contributed by atoms with E-state index in [1.54, 1.807) is 7.05 Å². The van der Waals surface area contributed by atoms with Gasteiger partial charge in [-0.25, -0.2) is 17.9 Å². The predicted molar refractivity (Wildman–Crippen MR) is 69.8 cm³/mol. The summed E-state index contributed by atoms with van der Waals surface area (Å²) in [5.41, 5.74) is -0.0542. The van der Waals surface area contributed by atoms with Crippen LogP contribution in [0, 0.1) is 0 Å². The number of halogens is 1. The summed E-state index contributed by atoms with van der Waals surface area (Å²) in [5.74, 6) is -1.16. The molecule has 0 unspecified atom stereocenters. The lowest BCUT2D eigenvalue weighted by Crippen LogP contribution is -2.30. The van der Waals surface area contributed by atoms with Gasteiger partial charge in [0.2, 0.25) is 10.0 Å². The van der Waals surface area contributed by atoms with E-state index in [1.165, 1.54) is 18.2 Å². The van der Waals surface area contributed by atoms with Crippen LogP contribution < -0.4 is 10.0 Å². The van der Waals surface area contributed by atoms with Gasteiger partial charge < -0.3 is 10.4 Å². The number of rotatable bonds is 6. The molecular weight excluding hydrogens is 280 g/mol. The third-order valence-electron chi connectivity index (χ3n) is 2.06. The Labute approximate surface area is 112 Å². The molecule has 0 fully saturated rings. The minimum Gasteiger partial charge on any atom is -0.478 e. The monoisotopic (exact) mass is 294 g/mol. The fourth-order valence-electron chi connectivity index (χ4n) is 1.19. The lowest BCUT2D eigenvalue weighted by atomic mass is 10.2. The first-order valence-corrected chi connectivity index (χ1v) is 6.43. The van der Waals surface area contributed by atoms with E-state index in [1.807, 2.05) is 0 Å². The molecule has 0 amide bonds. The van der Waals surface area contributed by atoms with Gasteiger partial charge in [0.1, 0.15) is 0 Å². The van der Waals surface area contributed by atoms with E-state index in [4.69, 9.17) is 5.11 Å². The van der Waals surface area contributed by atoms with Crippen molar-refractivity contribution in [2.75, 3.05) is 20.1 Å². The quantitative estimate of drug-likeness (QED) is 0.656. The van der Waals surface area contributed by atoms with Crippen molar-refractivity contribution in [2.45, 2.75) is 4.90 Å². The van der Waals surface area contributed by atoms with Crippen LogP contribution in [0.25, 0.3) is 0 Å². The predicted octanol–water partition coefficient (Wildman–Crippen LogP) is 0.304. The van der Waals surface area contributed by atoms with Crippen molar-refractivity contribution in [3.63, 3.8) is 0 Å². The van der Waals surface area contributed by atoms with Gasteiger partial charge in [0, 0.05) is 13.1 Å². The smallest absolute Gasteiger partial charge is 0.335 e. The molecule has 3 N–H and O–H groups in total. The van der Waals surface area contributed by atoms with E-state index in [0.29, 0.717) is 6.54 Å². The maximum Gasteiger partial charge on any atom is 0.335 e. The molecule has 0 spiro atoms. The Morgan fingerprint density at radius 1 is 1.33 bits per heavy atom. The highest BCUT2D eigenvalue weighted by Gasteiger charge is 2.14. The largest absolute Gasteiger partial charge is 0.478 e. The van der Waals surface area contributed by atoms with Crippen LogP contribution in [0.15, 0.2) is 29.2 Å². The van der Waals surface area contributed by atoms with Gasteiger partial charge in [-0.15, -0.1) is 12.4 Å². The first-order chi connectivity index (χ1) is 7.97. The van der Waals surface area contributed by atoms with E-state index in [9.17, 15) is 13.2 Å². The molecule has 8 heteroatoms. The number of sulfonamides is 1. The Balaban J connectivity index is 0.00000289. The lowest BCUT2D eigenvalue weighted by Gasteiger charge is -2.06. The second-order valence-corrected chi connectivity index (χ2v) is 5.10. The van der Waals surface area contributed by atoms with Gasteiger partial charge in [-0.1, -0.05) is 6.07 Å². The standard InChI is InChI=1S/C10H14N2O4S.ClH/c1-11-5-6-12-17(15,16)9-4-2-3-8(7-9)10(13)14;/h2-4,7,11-12H,5-6H2,1H3,(H,13,14);1H. The van der Waals surface area contributed by atoms with Crippen molar-refractivity contribution in [2.24, 2.45) is 0 Å². The summed E-state index contributed by atoms with van der Waals surface area (Å²) >= 11 is 0. The van der Waals surface area contributed by atoms with Gasteiger partial charge in [0.25, 0.3) is 0 Å². The topological polar surface area (TPSA) is 95.5 Å². The Bertz CT molecular complexity index is 504. The van der Waals surface area contributed by atoms with Crippen LogP contribution in [0.4, 0.5) is 0 Å². The van der Waals surface area contributed by atoms with Gasteiger partial charge in [0.05, 0.1) is 10.5 Å². The van der Waals surface area contributed by atoms with Gasteiger partial charge in [-0.2, -0.15) is 0 Å². The maximum absolute atomic E-state index is 11.7. The fraction of sp³-hybridized carbons (Fsp3) is 0.300. The normalized spacial score (nSPS) is 10.7. The number of aromatic carboxylic acids is 1. The Hall–Kier alpha value is -1.15. The number of carboxylic acid groups (broad SMARTS) is 1. The highest BCUT2D eigenvalue weighted by molar-refractivity contribution is 7.89. The fourth-order valence-corrected chi connectivity index (χ4v) is 2.27. The number of hydrogen-bond donors (Lipinski definition) is 3. The van der Waals surface area contributed by atoms with E-state index in [-0.39, 0.29) is 29.4 Å². The van der Waals surface area contributed by atoms with Crippen LogP contribution in [0.1, 0.15) is 10.4 Å². The van der Waals surface area contributed by atoms with Crippen molar-refractivity contribution in [1.82, 2.24) is 10.0 Å². The summed E-state index contributed by atoms with van der Waals surface area (Å²) < 4.78 is 25.9. The van der Waals surface area contributed by atoms with Gasteiger partial charge in [-0.05, 0) is 25.2 Å². The molecule has 0 bridgehead atoms. The van der Waals surface area contributed by atoms with Crippen molar-refractivity contribution >= 4 is 28.4 Å². The molecule has 0 saturated carbocycles. The molecule has 1 rings (SSSR count). The minimum atomic E-state index is -3.64. The highest BCUT2D eigenvalue weighted by Crippen LogP contribution is 2.11.